The molecule has 1 fully saturated rings. The summed E-state index contributed by atoms with van der Waals surface area (Å²) in [7, 11) is 0. The number of rotatable bonds is 7. The number of carbonyl (C=O) groups is 2. The lowest BCUT2D eigenvalue weighted by Crippen LogP contribution is -2.42. The van der Waals surface area contributed by atoms with Crippen molar-refractivity contribution in [1.82, 2.24) is 9.88 Å². The predicted octanol–water partition coefficient (Wildman–Crippen LogP) is 3.71. The van der Waals surface area contributed by atoms with Crippen LogP contribution in [0.2, 0.25) is 0 Å². The molecule has 6 heteroatoms. The molecule has 1 atom stereocenters. The van der Waals surface area contributed by atoms with E-state index in [2.05, 4.69) is 4.98 Å². The van der Waals surface area contributed by atoms with Gasteiger partial charge in [-0.1, -0.05) is 42.5 Å². The number of nitrogens with two attached hydrogens (primary N) is 1. The molecule has 1 aliphatic rings. The summed E-state index contributed by atoms with van der Waals surface area (Å²) in [4.78, 5) is 31.9. The first-order valence-electron chi connectivity index (χ1n) is 10.8. The third kappa shape index (κ3) is 4.21. The maximum absolute atomic E-state index is 13.3. The van der Waals surface area contributed by atoms with Crippen LogP contribution < -0.4 is 10.5 Å². The number of pyridine rings is 1. The van der Waals surface area contributed by atoms with Crippen molar-refractivity contribution in [3.05, 3.63) is 84.2 Å². The van der Waals surface area contributed by atoms with E-state index < -0.39 is 5.41 Å². The summed E-state index contributed by atoms with van der Waals surface area (Å²) < 4.78 is 5.63. The lowest BCUT2D eigenvalue weighted by atomic mass is 9.78. The molecule has 32 heavy (non-hydrogen) atoms. The molecule has 0 radical (unpaired) electrons. The van der Waals surface area contributed by atoms with Crippen molar-refractivity contribution >= 4 is 11.8 Å². The Morgan fingerprint density at radius 3 is 2.62 bits per heavy atom. The van der Waals surface area contributed by atoms with Gasteiger partial charge in [-0.05, 0) is 49.1 Å². The maximum atomic E-state index is 13.3. The molecule has 2 amide bonds. The maximum Gasteiger partial charge on any atom is 0.257 e. The smallest absolute Gasteiger partial charge is 0.257 e. The summed E-state index contributed by atoms with van der Waals surface area (Å²) in [5, 5.41) is 0. The van der Waals surface area contributed by atoms with Crippen molar-refractivity contribution in [3.8, 4) is 16.9 Å². The first-order chi connectivity index (χ1) is 15.5. The summed E-state index contributed by atoms with van der Waals surface area (Å²) in [6.07, 6.45) is 4.53. The van der Waals surface area contributed by atoms with E-state index >= 15 is 0 Å². The Morgan fingerprint density at radius 2 is 1.88 bits per heavy atom. The van der Waals surface area contributed by atoms with E-state index in [0.717, 1.165) is 16.7 Å². The van der Waals surface area contributed by atoms with Crippen LogP contribution in [-0.2, 0) is 11.2 Å². The molecule has 4 rings (SSSR count). The Kier molecular flexibility index (Phi) is 6.21. The molecule has 0 saturated carbocycles. The molecule has 6 nitrogen and oxygen atoms in total. The lowest BCUT2D eigenvalue weighted by Gasteiger charge is -2.27. The molecule has 2 heterocycles. The van der Waals surface area contributed by atoms with Crippen LogP contribution in [0.3, 0.4) is 0 Å². The first kappa shape index (κ1) is 21.6. The van der Waals surface area contributed by atoms with Crippen LogP contribution in [0.5, 0.6) is 5.75 Å². The van der Waals surface area contributed by atoms with Crippen molar-refractivity contribution in [3.63, 3.8) is 0 Å². The third-order valence-corrected chi connectivity index (χ3v) is 6.10. The van der Waals surface area contributed by atoms with Gasteiger partial charge in [0.1, 0.15) is 5.75 Å². The monoisotopic (exact) mass is 429 g/mol. The number of ether oxygens (including phenoxy) is 1. The third-order valence-electron chi connectivity index (χ3n) is 6.10. The fourth-order valence-corrected chi connectivity index (χ4v) is 4.42. The lowest BCUT2D eigenvalue weighted by molar-refractivity contribution is -0.126. The molecular formula is C26H27N3O3. The predicted molar refractivity (Wildman–Crippen MR) is 123 cm³/mol. The van der Waals surface area contributed by atoms with E-state index in [1.54, 1.807) is 23.2 Å². The molecule has 1 aliphatic heterocycles. The highest BCUT2D eigenvalue weighted by Gasteiger charge is 2.45. The Morgan fingerprint density at radius 1 is 1.09 bits per heavy atom. The highest BCUT2D eigenvalue weighted by molar-refractivity contribution is 5.98. The molecule has 0 bridgehead atoms. The first-order valence-corrected chi connectivity index (χ1v) is 10.8. The Balaban J connectivity index is 1.61. The van der Waals surface area contributed by atoms with Gasteiger partial charge in [0.05, 0.1) is 17.6 Å². The molecular weight excluding hydrogens is 402 g/mol. The SMILES string of the molecule is CCOc1ccccc1C(=O)N1CCC(Cc2ccccc2-c2cccnc2)(C(N)=O)C1. The number of likely N-dealkylation sites (tertiary alicyclic amines) is 1. The number of benzene rings is 2. The number of hydrogen-bond acceptors (Lipinski definition) is 4. The fourth-order valence-electron chi connectivity index (χ4n) is 4.42. The second-order valence-corrected chi connectivity index (χ2v) is 8.13. The number of hydrogen-bond donors (Lipinski definition) is 1. The summed E-state index contributed by atoms with van der Waals surface area (Å²) >= 11 is 0. The minimum Gasteiger partial charge on any atom is -0.493 e. The quantitative estimate of drug-likeness (QED) is 0.620. The van der Waals surface area contributed by atoms with Gasteiger partial charge < -0.3 is 15.4 Å². The average molecular weight is 430 g/mol. The second-order valence-electron chi connectivity index (χ2n) is 8.13. The molecule has 1 saturated heterocycles. The zero-order chi connectivity index (χ0) is 22.6. The van der Waals surface area contributed by atoms with E-state index in [1.165, 1.54) is 0 Å². The van der Waals surface area contributed by atoms with Crippen molar-refractivity contribution in [2.45, 2.75) is 19.8 Å². The Labute approximate surface area is 188 Å². The minimum atomic E-state index is -0.825. The van der Waals surface area contributed by atoms with Gasteiger partial charge >= 0.3 is 0 Å². The number of nitrogens with zero attached hydrogens (tertiary/aromatic N) is 2. The number of primary amides is 1. The van der Waals surface area contributed by atoms with Crippen molar-refractivity contribution in [1.29, 1.82) is 0 Å². The van der Waals surface area contributed by atoms with Gasteiger partial charge in [0.15, 0.2) is 0 Å². The molecule has 164 valence electrons. The normalized spacial score (nSPS) is 17.8. The molecule has 1 aromatic heterocycles. The number of amides is 2. The fraction of sp³-hybridized carbons (Fsp3) is 0.269. The van der Waals surface area contributed by atoms with Crippen molar-refractivity contribution in [2.24, 2.45) is 11.1 Å². The minimum absolute atomic E-state index is 0.141. The highest BCUT2D eigenvalue weighted by atomic mass is 16.5. The molecule has 3 aromatic rings. The van der Waals surface area contributed by atoms with E-state index in [1.807, 2.05) is 61.7 Å². The topological polar surface area (TPSA) is 85.5 Å². The summed E-state index contributed by atoms with van der Waals surface area (Å²) in [6.45, 7) is 3.11. The molecule has 0 spiro atoms. The largest absolute Gasteiger partial charge is 0.493 e. The summed E-state index contributed by atoms with van der Waals surface area (Å²) in [5.41, 5.74) is 8.64. The van der Waals surface area contributed by atoms with Gasteiger partial charge in [0, 0.05) is 31.0 Å². The second kappa shape index (κ2) is 9.22. The van der Waals surface area contributed by atoms with Gasteiger partial charge in [-0.25, -0.2) is 0 Å². The van der Waals surface area contributed by atoms with Gasteiger partial charge in [-0.2, -0.15) is 0 Å². The highest BCUT2D eigenvalue weighted by Crippen LogP contribution is 2.38. The van der Waals surface area contributed by atoms with Crippen molar-refractivity contribution in [2.75, 3.05) is 19.7 Å². The van der Waals surface area contributed by atoms with Crippen LogP contribution in [0.25, 0.3) is 11.1 Å². The zero-order valence-electron chi connectivity index (χ0n) is 18.2. The van der Waals surface area contributed by atoms with Gasteiger partial charge in [-0.15, -0.1) is 0 Å². The van der Waals surface area contributed by atoms with Crippen LogP contribution >= 0.6 is 0 Å². The number of aromatic nitrogens is 1. The van der Waals surface area contributed by atoms with E-state index in [4.69, 9.17) is 10.5 Å². The van der Waals surface area contributed by atoms with Crippen LogP contribution in [0, 0.1) is 5.41 Å². The van der Waals surface area contributed by atoms with E-state index in [0.29, 0.717) is 37.3 Å². The van der Waals surface area contributed by atoms with Crippen molar-refractivity contribution < 1.29 is 14.3 Å². The van der Waals surface area contributed by atoms with Crippen LogP contribution in [0.1, 0.15) is 29.3 Å². The Hall–Kier alpha value is -3.67. The van der Waals surface area contributed by atoms with E-state index in [-0.39, 0.29) is 18.4 Å². The van der Waals surface area contributed by atoms with Crippen LogP contribution in [0.15, 0.2) is 73.1 Å². The number of para-hydroxylation sites is 1. The molecule has 0 aliphatic carbocycles. The van der Waals surface area contributed by atoms with Gasteiger partial charge in [0.25, 0.3) is 5.91 Å². The van der Waals surface area contributed by atoms with Gasteiger partial charge in [0.2, 0.25) is 5.91 Å². The molecule has 2 aromatic carbocycles. The van der Waals surface area contributed by atoms with E-state index in [9.17, 15) is 9.59 Å². The summed E-state index contributed by atoms with van der Waals surface area (Å²) in [6, 6.07) is 19.1. The Bertz CT molecular complexity index is 1120. The zero-order valence-corrected chi connectivity index (χ0v) is 18.2. The summed E-state index contributed by atoms with van der Waals surface area (Å²) in [5.74, 6) is 0.0306. The molecule has 2 N–H and O–H groups in total. The van der Waals surface area contributed by atoms with Gasteiger partial charge in [-0.3, -0.25) is 14.6 Å². The molecule has 1 unspecified atom stereocenters. The van der Waals surface area contributed by atoms with Crippen LogP contribution in [-0.4, -0.2) is 41.4 Å². The average Bonchev–Trinajstić information content (AvgIpc) is 3.26. The van der Waals surface area contributed by atoms with Crippen LogP contribution in [0.4, 0.5) is 0 Å². The number of carbonyl (C=O) groups excluding carboxylic acids is 2. The standard InChI is InChI=1S/C26H27N3O3/c1-2-32-23-12-6-5-11-22(23)24(30)29-15-13-26(18-29,25(27)31)16-19-8-3-4-10-21(19)20-9-7-14-28-17-20/h3-12,14,17H,2,13,15-16,18H2,1H3,(H2,27,31).